The summed E-state index contributed by atoms with van der Waals surface area (Å²) >= 11 is 13.7. The number of ether oxygens (including phenoxy) is 3. The number of halogens is 3. The standard InChI is InChI=1S/C32H31Cl2FN4O6/c1-38-13-21(30(42)39(2)32-31(38)45-32)29(41)37-23-9-5-8-19(28(23)34)18-7-4-6-17(27(18)33)16-10-22(35)20(26(11-16)43-3)12-36-24-14-44-15-25(24)40/h4-11,13,24-25,31-32,36,40H,12,14-15H2,1-3H3,(H,37,41)/t24-,25+,31?,32?/m0/s1. The van der Waals surface area contributed by atoms with Gasteiger partial charge >= 0.3 is 0 Å². The molecule has 0 bridgehead atoms. The molecule has 0 aliphatic carbocycles. The van der Waals surface area contributed by atoms with E-state index in [1.807, 2.05) is 0 Å². The number of epoxide rings is 1. The SMILES string of the molecule is COc1cc(-c2cccc(-c3cccc(NC(=O)C4=CN(C)C5OC5N(C)C4=O)c3Cl)c2Cl)cc(F)c1CN[C@H]1COC[C@H]1O. The molecule has 3 aliphatic rings. The number of nitrogens with one attached hydrogen (secondary N) is 2. The van der Waals surface area contributed by atoms with Crippen LogP contribution in [0, 0.1) is 5.82 Å². The zero-order valence-corrected chi connectivity index (χ0v) is 26.2. The third-order valence-corrected chi connectivity index (χ3v) is 8.98. The van der Waals surface area contributed by atoms with Crippen LogP contribution < -0.4 is 15.4 Å². The molecule has 3 aliphatic heterocycles. The summed E-state index contributed by atoms with van der Waals surface area (Å²) in [5.74, 6) is -1.28. The van der Waals surface area contributed by atoms with Crippen LogP contribution >= 0.6 is 23.2 Å². The number of likely N-dealkylation sites (N-methyl/N-ethyl adjacent to an activating group) is 2. The number of hydrogen-bond donors (Lipinski definition) is 3. The van der Waals surface area contributed by atoms with E-state index in [0.29, 0.717) is 45.2 Å². The van der Waals surface area contributed by atoms with Gasteiger partial charge in [-0.2, -0.15) is 0 Å². The van der Waals surface area contributed by atoms with Crippen molar-refractivity contribution in [1.29, 1.82) is 0 Å². The average molecular weight is 658 g/mol. The van der Waals surface area contributed by atoms with E-state index >= 15 is 4.39 Å². The Morgan fingerprint density at radius 2 is 1.78 bits per heavy atom. The number of hydrogen-bond acceptors (Lipinski definition) is 8. The lowest BCUT2D eigenvalue weighted by molar-refractivity contribution is -0.129. The molecule has 13 heteroatoms. The first-order valence-electron chi connectivity index (χ1n) is 14.2. The maximum Gasteiger partial charge on any atom is 0.262 e. The van der Waals surface area contributed by atoms with Gasteiger partial charge in [-0.25, -0.2) is 4.39 Å². The lowest BCUT2D eigenvalue weighted by atomic mass is 9.97. The van der Waals surface area contributed by atoms with Gasteiger partial charge in [0.1, 0.15) is 17.1 Å². The highest BCUT2D eigenvalue weighted by Crippen LogP contribution is 2.43. The Hall–Kier alpha value is -3.71. The predicted molar refractivity (Wildman–Crippen MR) is 167 cm³/mol. The number of aliphatic hydroxyl groups excluding tert-OH is 1. The third kappa shape index (κ3) is 5.99. The molecule has 6 rings (SSSR count). The Balaban J connectivity index is 1.27. The minimum Gasteiger partial charge on any atom is -0.496 e. The number of amides is 2. The summed E-state index contributed by atoms with van der Waals surface area (Å²) in [5, 5.41) is 16.4. The molecule has 3 heterocycles. The maximum absolute atomic E-state index is 15.5. The first-order chi connectivity index (χ1) is 21.6. The third-order valence-electron chi connectivity index (χ3n) is 8.17. The van der Waals surface area contributed by atoms with Crippen molar-refractivity contribution < 1.29 is 33.3 Å². The summed E-state index contributed by atoms with van der Waals surface area (Å²) in [4.78, 5) is 29.3. The topological polar surface area (TPSA) is 116 Å². The highest BCUT2D eigenvalue weighted by Gasteiger charge is 2.50. The van der Waals surface area contributed by atoms with E-state index in [-0.39, 0.29) is 41.7 Å². The normalized spacial score (nSPS) is 22.6. The smallest absolute Gasteiger partial charge is 0.262 e. The van der Waals surface area contributed by atoms with Crippen LogP contribution in [0.2, 0.25) is 10.0 Å². The molecule has 3 aromatic rings. The quantitative estimate of drug-likeness (QED) is 0.244. The molecule has 4 atom stereocenters. The highest BCUT2D eigenvalue weighted by molar-refractivity contribution is 6.40. The number of benzene rings is 3. The molecule has 3 aromatic carbocycles. The molecule has 0 aromatic heterocycles. The Morgan fingerprint density at radius 3 is 2.49 bits per heavy atom. The monoisotopic (exact) mass is 656 g/mol. The van der Waals surface area contributed by atoms with Gasteiger partial charge in [-0.15, -0.1) is 0 Å². The van der Waals surface area contributed by atoms with Gasteiger partial charge in [0.2, 0.25) is 0 Å². The fraction of sp³-hybridized carbons (Fsp3) is 0.312. The van der Waals surface area contributed by atoms with E-state index < -0.39 is 30.0 Å². The Bertz CT molecular complexity index is 1700. The second-order valence-corrected chi connectivity index (χ2v) is 11.8. The van der Waals surface area contributed by atoms with Crippen molar-refractivity contribution >= 4 is 40.7 Å². The second kappa shape index (κ2) is 12.6. The summed E-state index contributed by atoms with van der Waals surface area (Å²) in [6.45, 7) is 0.695. The Labute approximate surface area is 269 Å². The van der Waals surface area contributed by atoms with Crippen molar-refractivity contribution in [3.8, 4) is 28.0 Å². The van der Waals surface area contributed by atoms with Crippen LogP contribution in [-0.2, 0) is 25.6 Å². The summed E-state index contributed by atoms with van der Waals surface area (Å²) < 4.78 is 31.7. The summed E-state index contributed by atoms with van der Waals surface area (Å²) in [5.41, 5.74) is 2.64. The van der Waals surface area contributed by atoms with E-state index in [9.17, 15) is 14.7 Å². The maximum atomic E-state index is 15.5. The molecule has 0 radical (unpaired) electrons. The molecular formula is C32H31Cl2FN4O6. The fourth-order valence-electron chi connectivity index (χ4n) is 5.55. The van der Waals surface area contributed by atoms with E-state index in [2.05, 4.69) is 10.6 Å². The average Bonchev–Trinajstić information content (AvgIpc) is 3.74. The second-order valence-electron chi connectivity index (χ2n) is 11.1. The number of aliphatic hydroxyl groups is 1. The van der Waals surface area contributed by atoms with Gasteiger partial charge in [0.15, 0.2) is 12.5 Å². The van der Waals surface area contributed by atoms with Gasteiger partial charge in [-0.05, 0) is 23.8 Å². The van der Waals surface area contributed by atoms with Crippen LogP contribution in [0.4, 0.5) is 10.1 Å². The number of rotatable bonds is 8. The Kier molecular flexibility index (Phi) is 8.75. The first-order valence-corrected chi connectivity index (χ1v) is 15.0. The molecule has 0 spiro atoms. The van der Waals surface area contributed by atoms with Crippen LogP contribution in [-0.4, -0.2) is 85.7 Å². The summed E-state index contributed by atoms with van der Waals surface area (Å²) in [7, 11) is 4.77. The minimum absolute atomic E-state index is 0.0559. The molecule has 2 amide bonds. The zero-order valence-electron chi connectivity index (χ0n) is 24.6. The largest absolute Gasteiger partial charge is 0.496 e. The van der Waals surface area contributed by atoms with Crippen molar-refractivity contribution in [3.05, 3.63) is 81.7 Å². The zero-order chi connectivity index (χ0) is 32.0. The molecular weight excluding hydrogens is 626 g/mol. The number of anilines is 1. The van der Waals surface area contributed by atoms with Crippen molar-refractivity contribution in [1.82, 2.24) is 15.1 Å². The minimum atomic E-state index is -0.668. The summed E-state index contributed by atoms with van der Waals surface area (Å²) in [6, 6.07) is 13.2. The molecule has 2 unspecified atom stereocenters. The fourth-order valence-corrected chi connectivity index (χ4v) is 6.16. The Morgan fingerprint density at radius 1 is 1.07 bits per heavy atom. The first kappa shape index (κ1) is 31.3. The van der Waals surface area contributed by atoms with Crippen LogP contribution in [0.25, 0.3) is 22.3 Å². The van der Waals surface area contributed by atoms with Crippen molar-refractivity contribution in [2.45, 2.75) is 31.1 Å². The lowest BCUT2D eigenvalue weighted by Gasteiger charge is -2.18. The number of carbonyl (C=O) groups is 2. The van der Waals surface area contributed by atoms with Gasteiger partial charge in [-0.1, -0.05) is 53.5 Å². The number of methoxy groups -OCH3 is 1. The number of fused-ring (bicyclic) bond motifs is 1. The highest BCUT2D eigenvalue weighted by atomic mass is 35.5. The molecule has 236 valence electrons. The van der Waals surface area contributed by atoms with Crippen molar-refractivity contribution in [2.75, 3.05) is 39.7 Å². The van der Waals surface area contributed by atoms with Gasteiger partial charge in [-0.3, -0.25) is 9.59 Å². The number of nitrogens with zero attached hydrogens (tertiary/aromatic N) is 2. The van der Waals surface area contributed by atoms with Crippen LogP contribution in [0.3, 0.4) is 0 Å². The molecule has 3 N–H and O–H groups in total. The van der Waals surface area contributed by atoms with Gasteiger partial charge < -0.3 is 39.8 Å². The molecule has 10 nitrogen and oxygen atoms in total. The van der Waals surface area contributed by atoms with Gasteiger partial charge in [0, 0.05) is 49.1 Å². The summed E-state index contributed by atoms with van der Waals surface area (Å²) in [6.07, 6.45) is 0.0881. The van der Waals surface area contributed by atoms with Crippen molar-refractivity contribution in [3.63, 3.8) is 0 Å². The van der Waals surface area contributed by atoms with Crippen LogP contribution in [0.5, 0.6) is 5.75 Å². The van der Waals surface area contributed by atoms with E-state index in [0.717, 1.165) is 0 Å². The molecule has 2 fully saturated rings. The van der Waals surface area contributed by atoms with E-state index in [4.69, 9.17) is 37.4 Å². The van der Waals surface area contributed by atoms with Gasteiger partial charge in [0.05, 0.1) is 48.2 Å². The molecule has 2 saturated heterocycles. The van der Waals surface area contributed by atoms with E-state index in [1.54, 1.807) is 61.5 Å². The van der Waals surface area contributed by atoms with Gasteiger partial charge in [0.25, 0.3) is 11.8 Å². The van der Waals surface area contributed by atoms with Crippen molar-refractivity contribution in [2.24, 2.45) is 0 Å². The molecule has 45 heavy (non-hydrogen) atoms. The van der Waals surface area contributed by atoms with Crippen LogP contribution in [0.1, 0.15) is 5.56 Å². The van der Waals surface area contributed by atoms with E-state index in [1.165, 1.54) is 24.3 Å². The lowest BCUT2D eigenvalue weighted by Crippen LogP contribution is -2.38. The predicted octanol–water partition coefficient (Wildman–Crippen LogP) is 4.23. The van der Waals surface area contributed by atoms with Crippen LogP contribution in [0.15, 0.2) is 60.3 Å². The molecule has 0 saturated carbocycles. The number of carbonyl (C=O) groups excluding carboxylic acids is 2.